The van der Waals surface area contributed by atoms with E-state index in [0.29, 0.717) is 45.7 Å². The molecule has 176 valence electrons. The van der Waals surface area contributed by atoms with E-state index in [1.54, 1.807) is 35.2 Å². The first-order valence-corrected chi connectivity index (χ1v) is 13.3. The van der Waals surface area contributed by atoms with Crippen molar-refractivity contribution in [3.8, 4) is 0 Å². The number of rotatable bonds is 5. The number of carbonyl (C=O) groups is 2. The van der Waals surface area contributed by atoms with Gasteiger partial charge in [-0.3, -0.25) is 14.5 Å². The van der Waals surface area contributed by atoms with E-state index in [1.165, 1.54) is 10.7 Å². The Kier molecular flexibility index (Phi) is 7.48. The molecule has 0 bridgehead atoms. The quantitative estimate of drug-likeness (QED) is 0.661. The number of hydrogen-bond acceptors (Lipinski definition) is 5. The molecule has 3 heterocycles. The molecule has 0 N–H and O–H groups in total. The molecule has 1 aromatic carbocycles. The third-order valence-electron chi connectivity index (χ3n) is 6.84. The number of nitrogens with zero attached hydrogens (tertiary/aromatic N) is 4. The number of piperazine rings is 1. The van der Waals surface area contributed by atoms with E-state index < -0.39 is 16.1 Å². The van der Waals surface area contributed by atoms with E-state index >= 15 is 0 Å². The summed E-state index contributed by atoms with van der Waals surface area (Å²) in [5, 5.41) is 0. The maximum Gasteiger partial charge on any atom is 0.243 e. The molecule has 0 aliphatic carbocycles. The fourth-order valence-electron chi connectivity index (χ4n) is 4.94. The lowest BCUT2D eigenvalue weighted by Gasteiger charge is -2.40. The van der Waals surface area contributed by atoms with Crippen molar-refractivity contribution in [2.45, 2.75) is 49.5 Å². The minimum atomic E-state index is -3.71. The molecule has 0 spiro atoms. The van der Waals surface area contributed by atoms with Crippen molar-refractivity contribution in [2.24, 2.45) is 0 Å². The maximum atomic E-state index is 13.3. The summed E-state index contributed by atoms with van der Waals surface area (Å²) in [7, 11) is -3.71. The lowest BCUT2D eigenvalue weighted by Crippen LogP contribution is -2.57. The van der Waals surface area contributed by atoms with Gasteiger partial charge >= 0.3 is 0 Å². The molecule has 1 atom stereocenters. The lowest BCUT2D eigenvalue weighted by atomic mass is 10.0. The molecule has 3 aliphatic rings. The number of piperidine rings is 2. The van der Waals surface area contributed by atoms with Gasteiger partial charge in [-0.05, 0) is 44.2 Å². The highest BCUT2D eigenvalue weighted by Gasteiger charge is 2.40. The van der Waals surface area contributed by atoms with Crippen molar-refractivity contribution < 1.29 is 18.0 Å². The third kappa shape index (κ3) is 5.15. The first-order chi connectivity index (χ1) is 15.5. The summed E-state index contributed by atoms with van der Waals surface area (Å²) >= 11 is 0. The van der Waals surface area contributed by atoms with Gasteiger partial charge in [0.1, 0.15) is 6.04 Å². The van der Waals surface area contributed by atoms with Crippen LogP contribution in [0.5, 0.6) is 0 Å². The Balaban J connectivity index is 1.36. The molecule has 1 aromatic rings. The standard InChI is InChI=1S/C23H34N4O4S/c28-22(25-12-6-2-7-13-25)19-24-15-17-26(18-16-24)23(29)21-11-5-8-14-27(21)32(30,31)20-9-3-1-4-10-20/h1,3-4,9-10,21H,2,5-8,11-19H2. The zero-order valence-electron chi connectivity index (χ0n) is 18.7. The van der Waals surface area contributed by atoms with Crippen molar-refractivity contribution in [2.75, 3.05) is 52.4 Å². The summed E-state index contributed by atoms with van der Waals surface area (Å²) in [5.74, 6) is 0.0723. The van der Waals surface area contributed by atoms with Gasteiger partial charge in [-0.2, -0.15) is 4.31 Å². The Morgan fingerprint density at radius 2 is 1.44 bits per heavy atom. The van der Waals surface area contributed by atoms with Gasteiger partial charge in [0.25, 0.3) is 0 Å². The second-order valence-corrected chi connectivity index (χ2v) is 10.9. The zero-order chi connectivity index (χ0) is 22.6. The Morgan fingerprint density at radius 1 is 0.781 bits per heavy atom. The molecule has 1 unspecified atom stereocenters. The second-order valence-electron chi connectivity index (χ2n) is 8.98. The molecule has 3 aliphatic heterocycles. The highest BCUT2D eigenvalue weighted by atomic mass is 32.2. The number of likely N-dealkylation sites (tertiary alicyclic amines) is 1. The second kappa shape index (κ2) is 10.3. The van der Waals surface area contributed by atoms with Crippen LogP contribution < -0.4 is 0 Å². The summed E-state index contributed by atoms with van der Waals surface area (Å²) in [6.45, 7) is 4.82. The molecule has 3 fully saturated rings. The van der Waals surface area contributed by atoms with E-state index in [1.807, 2.05) is 4.90 Å². The van der Waals surface area contributed by atoms with Crippen LogP contribution in [0.2, 0.25) is 0 Å². The van der Waals surface area contributed by atoms with E-state index in [-0.39, 0.29) is 16.7 Å². The molecule has 9 heteroatoms. The first kappa shape index (κ1) is 23.2. The van der Waals surface area contributed by atoms with Gasteiger partial charge in [-0.1, -0.05) is 24.6 Å². The minimum Gasteiger partial charge on any atom is -0.342 e. The minimum absolute atomic E-state index is 0.105. The van der Waals surface area contributed by atoms with Crippen molar-refractivity contribution in [3.05, 3.63) is 30.3 Å². The van der Waals surface area contributed by atoms with Crippen molar-refractivity contribution in [3.63, 3.8) is 0 Å². The van der Waals surface area contributed by atoms with Gasteiger partial charge in [0.2, 0.25) is 21.8 Å². The fourth-order valence-corrected chi connectivity index (χ4v) is 6.61. The van der Waals surface area contributed by atoms with Crippen molar-refractivity contribution >= 4 is 21.8 Å². The number of hydrogen-bond donors (Lipinski definition) is 0. The summed E-state index contributed by atoms with van der Waals surface area (Å²) in [6, 6.07) is 7.73. The smallest absolute Gasteiger partial charge is 0.243 e. The molecule has 32 heavy (non-hydrogen) atoms. The monoisotopic (exact) mass is 462 g/mol. The van der Waals surface area contributed by atoms with Crippen LogP contribution in [0.1, 0.15) is 38.5 Å². The highest BCUT2D eigenvalue weighted by molar-refractivity contribution is 7.89. The van der Waals surface area contributed by atoms with Crippen LogP contribution in [0.4, 0.5) is 0 Å². The van der Waals surface area contributed by atoms with Crippen LogP contribution in [0, 0.1) is 0 Å². The summed E-state index contributed by atoms with van der Waals surface area (Å²) < 4.78 is 27.8. The SMILES string of the molecule is O=C(CN1CCN(C(=O)C2CCCCN2S(=O)(=O)c2ccccc2)CC1)N1CCCCC1. The van der Waals surface area contributed by atoms with Crippen molar-refractivity contribution in [1.82, 2.24) is 19.0 Å². The van der Waals surface area contributed by atoms with Gasteiger partial charge in [0.15, 0.2) is 0 Å². The van der Waals surface area contributed by atoms with Gasteiger partial charge in [-0.25, -0.2) is 8.42 Å². The molecule has 0 saturated carbocycles. The molecule has 0 aromatic heterocycles. The third-order valence-corrected chi connectivity index (χ3v) is 8.76. The van der Waals surface area contributed by atoms with Gasteiger partial charge < -0.3 is 9.80 Å². The van der Waals surface area contributed by atoms with E-state index in [0.717, 1.165) is 38.8 Å². The largest absolute Gasteiger partial charge is 0.342 e. The lowest BCUT2D eigenvalue weighted by molar-refractivity contribution is -0.139. The molecule has 0 radical (unpaired) electrons. The first-order valence-electron chi connectivity index (χ1n) is 11.8. The van der Waals surface area contributed by atoms with Crippen molar-refractivity contribution in [1.29, 1.82) is 0 Å². The molecule has 4 rings (SSSR count). The van der Waals surface area contributed by atoms with Crippen LogP contribution in [0.15, 0.2) is 35.2 Å². The Hall–Kier alpha value is -1.97. The predicted octanol–water partition coefficient (Wildman–Crippen LogP) is 1.39. The molecule has 8 nitrogen and oxygen atoms in total. The molecule has 2 amide bonds. The van der Waals surface area contributed by atoms with Crippen LogP contribution in [-0.2, 0) is 19.6 Å². The number of sulfonamides is 1. The highest BCUT2D eigenvalue weighted by Crippen LogP contribution is 2.27. The number of amides is 2. The average molecular weight is 463 g/mol. The Labute approximate surface area is 191 Å². The van der Waals surface area contributed by atoms with Gasteiger partial charge in [0, 0.05) is 45.8 Å². The topological polar surface area (TPSA) is 81.2 Å². The average Bonchev–Trinajstić information content (AvgIpc) is 2.85. The molecular formula is C23H34N4O4S. The van der Waals surface area contributed by atoms with Gasteiger partial charge in [-0.15, -0.1) is 0 Å². The van der Waals surface area contributed by atoms with Crippen LogP contribution >= 0.6 is 0 Å². The maximum absolute atomic E-state index is 13.3. The van der Waals surface area contributed by atoms with E-state index in [9.17, 15) is 18.0 Å². The Bertz CT molecular complexity index is 894. The number of carbonyl (C=O) groups excluding carboxylic acids is 2. The van der Waals surface area contributed by atoms with Crippen LogP contribution in [0.3, 0.4) is 0 Å². The van der Waals surface area contributed by atoms with E-state index in [4.69, 9.17) is 0 Å². The summed E-state index contributed by atoms with van der Waals surface area (Å²) in [5.41, 5.74) is 0. The summed E-state index contributed by atoms with van der Waals surface area (Å²) in [6.07, 6.45) is 5.53. The fraction of sp³-hybridized carbons (Fsp3) is 0.652. The van der Waals surface area contributed by atoms with Gasteiger partial charge in [0.05, 0.1) is 11.4 Å². The van der Waals surface area contributed by atoms with E-state index in [2.05, 4.69) is 4.90 Å². The Morgan fingerprint density at radius 3 is 2.12 bits per heavy atom. The number of benzene rings is 1. The normalized spacial score (nSPS) is 23.8. The molecular weight excluding hydrogens is 428 g/mol. The zero-order valence-corrected chi connectivity index (χ0v) is 19.5. The predicted molar refractivity (Wildman–Crippen MR) is 121 cm³/mol. The van der Waals surface area contributed by atoms with Crippen LogP contribution in [0.25, 0.3) is 0 Å². The summed E-state index contributed by atoms with van der Waals surface area (Å²) in [4.78, 5) is 32.0. The molecule has 3 saturated heterocycles. The van der Waals surface area contributed by atoms with Crippen LogP contribution in [-0.4, -0.2) is 97.6 Å².